The van der Waals surface area contributed by atoms with Crippen LogP contribution in [0, 0.1) is 0 Å². The minimum Gasteiger partial charge on any atom is -0.314 e. The van der Waals surface area contributed by atoms with Gasteiger partial charge in [-0.25, -0.2) is 0 Å². The van der Waals surface area contributed by atoms with E-state index in [-0.39, 0.29) is 0 Å². The van der Waals surface area contributed by atoms with E-state index >= 15 is 0 Å². The highest BCUT2D eigenvalue weighted by molar-refractivity contribution is 8.04. The molecule has 0 saturated carbocycles. The Bertz CT molecular complexity index is 384. The summed E-state index contributed by atoms with van der Waals surface area (Å²) in [6, 6.07) is 0. The lowest BCUT2D eigenvalue weighted by Gasteiger charge is -2.11. The fraction of sp³-hybridized carbons (Fsp3) is 1.00. The molecule has 8 nitrogen and oxygen atoms in total. The van der Waals surface area contributed by atoms with E-state index in [1.165, 1.54) is 0 Å². The quantitative estimate of drug-likeness (QED) is 0.452. The van der Waals surface area contributed by atoms with Crippen LogP contribution in [0.25, 0.3) is 0 Å². The molecule has 17 heavy (non-hydrogen) atoms. The van der Waals surface area contributed by atoms with Crippen LogP contribution in [0.1, 0.15) is 0 Å². The van der Waals surface area contributed by atoms with Gasteiger partial charge in [-0.2, -0.15) is 25.6 Å². The topological polar surface area (TPSA) is 133 Å². The van der Waals surface area contributed by atoms with E-state index < -0.39 is 24.8 Å². The standard InChI is InChI=1S/C4H10N2.CH2F2O6S2/c1-2-6-4-3-5-1;2-1(3,10(4,5)6)11(7,8)9/h5-6H,1-4H2;(H,4,5,6)(H,7,8,9). The lowest BCUT2D eigenvalue weighted by Crippen LogP contribution is -2.39. The second-order valence-corrected chi connectivity index (χ2v) is 6.10. The first-order valence-electron chi connectivity index (χ1n) is 4.23. The normalized spacial score (nSPS) is 18.1. The van der Waals surface area contributed by atoms with Gasteiger partial charge < -0.3 is 10.6 Å². The molecule has 0 aromatic rings. The second-order valence-electron chi connectivity index (χ2n) is 2.91. The van der Waals surface area contributed by atoms with Crippen molar-refractivity contribution in [2.45, 2.75) is 4.59 Å². The molecule has 0 aromatic heterocycles. The Kier molecular flexibility index (Phi) is 5.83. The van der Waals surface area contributed by atoms with Crippen LogP contribution in [0.5, 0.6) is 0 Å². The summed E-state index contributed by atoms with van der Waals surface area (Å²) in [5.74, 6) is 0. The molecule has 0 spiro atoms. The fourth-order valence-corrected chi connectivity index (χ4v) is 1.80. The maximum Gasteiger partial charge on any atom is 0.495 e. The molecular formula is C5H12F2N2O6S2. The van der Waals surface area contributed by atoms with Crippen LogP contribution in [0.4, 0.5) is 8.78 Å². The Balaban J connectivity index is 0.000000354. The molecular weight excluding hydrogens is 286 g/mol. The van der Waals surface area contributed by atoms with E-state index in [4.69, 9.17) is 9.11 Å². The number of alkyl halides is 2. The monoisotopic (exact) mass is 298 g/mol. The zero-order valence-electron chi connectivity index (χ0n) is 8.43. The van der Waals surface area contributed by atoms with E-state index in [1.807, 2.05) is 0 Å². The number of piperazine rings is 1. The molecule has 12 heteroatoms. The first-order valence-corrected chi connectivity index (χ1v) is 7.11. The molecule has 0 aromatic carbocycles. The first-order chi connectivity index (χ1) is 7.50. The highest BCUT2D eigenvalue weighted by atomic mass is 32.3. The van der Waals surface area contributed by atoms with Crippen LogP contribution >= 0.6 is 0 Å². The number of halogens is 2. The van der Waals surface area contributed by atoms with E-state index in [0.717, 1.165) is 26.2 Å². The van der Waals surface area contributed by atoms with Gasteiger partial charge in [-0.05, 0) is 0 Å². The van der Waals surface area contributed by atoms with Gasteiger partial charge >= 0.3 is 24.8 Å². The van der Waals surface area contributed by atoms with Crippen LogP contribution in [0.2, 0.25) is 0 Å². The summed E-state index contributed by atoms with van der Waals surface area (Å²) in [5, 5.41) is 6.44. The van der Waals surface area contributed by atoms with Crippen molar-refractivity contribution in [1.29, 1.82) is 0 Å². The highest BCUT2D eigenvalue weighted by Crippen LogP contribution is 2.25. The van der Waals surface area contributed by atoms with Gasteiger partial charge in [0, 0.05) is 26.2 Å². The maximum atomic E-state index is 11.8. The van der Waals surface area contributed by atoms with Crippen molar-refractivity contribution >= 4 is 20.2 Å². The molecule has 1 heterocycles. The van der Waals surface area contributed by atoms with E-state index in [2.05, 4.69) is 10.6 Å². The van der Waals surface area contributed by atoms with Crippen molar-refractivity contribution in [3.05, 3.63) is 0 Å². The van der Waals surface area contributed by atoms with E-state index in [1.54, 1.807) is 0 Å². The summed E-state index contributed by atoms with van der Waals surface area (Å²) in [6.45, 7) is 4.56. The largest absolute Gasteiger partial charge is 0.495 e. The van der Waals surface area contributed by atoms with Gasteiger partial charge in [0.2, 0.25) is 0 Å². The number of hydrogen-bond acceptors (Lipinski definition) is 6. The van der Waals surface area contributed by atoms with Crippen LogP contribution in [-0.4, -0.2) is 56.7 Å². The molecule has 104 valence electrons. The second kappa shape index (κ2) is 5.97. The van der Waals surface area contributed by atoms with Crippen molar-refractivity contribution in [3.8, 4) is 0 Å². The first kappa shape index (κ1) is 16.6. The predicted molar refractivity (Wildman–Crippen MR) is 53.8 cm³/mol. The number of rotatable bonds is 2. The van der Waals surface area contributed by atoms with Gasteiger partial charge in [0.25, 0.3) is 0 Å². The molecule has 1 aliphatic rings. The Morgan fingerprint density at radius 2 is 1.06 bits per heavy atom. The summed E-state index contributed by atoms with van der Waals surface area (Å²) in [6.07, 6.45) is 0. The van der Waals surface area contributed by atoms with Gasteiger partial charge in [0.1, 0.15) is 0 Å². The molecule has 0 aliphatic carbocycles. The third kappa shape index (κ3) is 5.18. The average Bonchev–Trinajstić information content (AvgIpc) is 2.18. The van der Waals surface area contributed by atoms with Gasteiger partial charge in [-0.15, -0.1) is 0 Å². The molecule has 0 radical (unpaired) electrons. The molecule has 1 saturated heterocycles. The van der Waals surface area contributed by atoms with Crippen molar-refractivity contribution in [3.63, 3.8) is 0 Å². The smallest absolute Gasteiger partial charge is 0.314 e. The highest BCUT2D eigenvalue weighted by Gasteiger charge is 2.57. The summed E-state index contributed by atoms with van der Waals surface area (Å²) in [7, 11) is -12.3. The van der Waals surface area contributed by atoms with Gasteiger partial charge in [0.05, 0.1) is 0 Å². The molecule has 0 amide bonds. The number of nitrogens with one attached hydrogen (secondary N) is 2. The Labute approximate surface area is 96.9 Å². The summed E-state index contributed by atoms with van der Waals surface area (Å²) < 4.78 is 71.3. The zero-order chi connectivity index (χ0) is 13.7. The third-order valence-electron chi connectivity index (χ3n) is 1.56. The van der Waals surface area contributed by atoms with Gasteiger partial charge in [0.15, 0.2) is 0 Å². The minimum absolute atomic E-state index is 1.14. The summed E-state index contributed by atoms with van der Waals surface area (Å²) in [4.78, 5) is 0. The van der Waals surface area contributed by atoms with Crippen LogP contribution in [0.15, 0.2) is 0 Å². The summed E-state index contributed by atoms with van der Waals surface area (Å²) in [5.41, 5.74) is 0. The van der Waals surface area contributed by atoms with Crippen molar-refractivity contribution in [2.24, 2.45) is 0 Å². The Morgan fingerprint density at radius 3 is 1.12 bits per heavy atom. The van der Waals surface area contributed by atoms with Crippen molar-refractivity contribution in [1.82, 2.24) is 10.6 Å². The Morgan fingerprint density at radius 1 is 0.824 bits per heavy atom. The third-order valence-corrected chi connectivity index (χ3v) is 4.02. The average molecular weight is 298 g/mol. The van der Waals surface area contributed by atoms with E-state index in [0.29, 0.717) is 0 Å². The SMILES string of the molecule is C1CNCCN1.O=S(=O)(O)C(F)(F)S(=O)(=O)O. The summed E-state index contributed by atoms with van der Waals surface area (Å²) >= 11 is 0. The molecule has 1 rings (SSSR count). The lowest BCUT2D eigenvalue weighted by atomic mass is 10.4. The molecule has 0 atom stereocenters. The maximum absolute atomic E-state index is 11.8. The van der Waals surface area contributed by atoms with Crippen LogP contribution in [-0.2, 0) is 20.2 Å². The lowest BCUT2D eigenvalue weighted by molar-refractivity contribution is 0.153. The number of hydrogen-bond donors (Lipinski definition) is 4. The van der Waals surface area contributed by atoms with Crippen molar-refractivity contribution in [2.75, 3.05) is 26.2 Å². The van der Waals surface area contributed by atoms with Gasteiger partial charge in [-0.3, -0.25) is 9.11 Å². The van der Waals surface area contributed by atoms with Crippen LogP contribution < -0.4 is 10.6 Å². The zero-order valence-corrected chi connectivity index (χ0v) is 10.1. The minimum atomic E-state index is -6.13. The van der Waals surface area contributed by atoms with E-state index in [9.17, 15) is 25.6 Å². The van der Waals surface area contributed by atoms with Gasteiger partial charge in [-0.1, -0.05) is 0 Å². The molecule has 1 fully saturated rings. The fourth-order valence-electron chi connectivity index (χ4n) is 0.737. The Hall–Kier alpha value is -0.400. The van der Waals surface area contributed by atoms with Crippen LogP contribution in [0.3, 0.4) is 0 Å². The molecule has 4 N–H and O–H groups in total. The molecule has 0 unspecified atom stereocenters. The molecule has 0 bridgehead atoms. The predicted octanol–water partition coefficient (Wildman–Crippen LogP) is -1.51. The van der Waals surface area contributed by atoms with Crippen molar-refractivity contribution < 1.29 is 34.7 Å². The molecule has 1 aliphatic heterocycles.